The van der Waals surface area contributed by atoms with Crippen molar-refractivity contribution < 1.29 is 19.1 Å². The molecule has 1 saturated heterocycles. The Balaban J connectivity index is 1.45. The Morgan fingerprint density at radius 2 is 2.17 bits per heavy atom. The lowest BCUT2D eigenvalue weighted by Gasteiger charge is -2.32. The number of nitrogens with one attached hydrogen (secondary N) is 1. The molecule has 2 aromatic rings. The molecule has 5 rings (SSSR count). The topological polar surface area (TPSA) is 112 Å². The third-order valence-electron chi connectivity index (χ3n) is 6.16. The fourth-order valence-electron chi connectivity index (χ4n) is 4.28. The van der Waals surface area contributed by atoms with Crippen molar-refractivity contribution in [2.75, 3.05) is 23.4 Å². The molecule has 0 unspecified atom stereocenters. The number of aromatic nitrogens is 2. The Morgan fingerprint density at radius 3 is 2.83 bits per heavy atom. The highest BCUT2D eigenvalue weighted by Crippen LogP contribution is 2.37. The number of amides is 2. The monoisotopic (exact) mass is 411 g/mol. The molecule has 1 aromatic carbocycles. The van der Waals surface area contributed by atoms with Gasteiger partial charge in [-0.05, 0) is 37.8 Å². The van der Waals surface area contributed by atoms with Gasteiger partial charge in [-0.25, -0.2) is 9.78 Å². The van der Waals surface area contributed by atoms with E-state index in [-0.39, 0.29) is 30.0 Å². The summed E-state index contributed by atoms with van der Waals surface area (Å²) in [6.45, 7) is 3.38. The number of carbonyl (C=O) groups is 2. The summed E-state index contributed by atoms with van der Waals surface area (Å²) in [6.07, 6.45) is 4.65. The lowest BCUT2D eigenvalue weighted by atomic mass is 9.79. The van der Waals surface area contributed by atoms with Crippen molar-refractivity contribution in [3.63, 3.8) is 0 Å². The van der Waals surface area contributed by atoms with E-state index in [1.807, 2.05) is 35.9 Å². The Kier molecular flexibility index (Phi) is 4.52. The van der Waals surface area contributed by atoms with Gasteiger partial charge in [0.25, 0.3) is 0 Å². The number of imidazole rings is 1. The molecular weight excluding hydrogens is 386 g/mol. The number of hydrogen-bond donors (Lipinski definition) is 2. The largest absolute Gasteiger partial charge is 0.491 e. The van der Waals surface area contributed by atoms with Crippen LogP contribution in [-0.4, -0.2) is 46.8 Å². The van der Waals surface area contributed by atoms with E-state index in [9.17, 15) is 9.59 Å². The molecule has 9 nitrogen and oxygen atoms in total. The van der Waals surface area contributed by atoms with Crippen LogP contribution in [0.5, 0.6) is 5.75 Å². The maximum atomic E-state index is 12.1. The quantitative estimate of drug-likeness (QED) is 0.781. The van der Waals surface area contributed by atoms with E-state index in [0.29, 0.717) is 31.3 Å². The van der Waals surface area contributed by atoms with Crippen LogP contribution in [0, 0.1) is 5.92 Å². The van der Waals surface area contributed by atoms with Gasteiger partial charge in [0.1, 0.15) is 30.8 Å². The van der Waals surface area contributed by atoms with Gasteiger partial charge in [0, 0.05) is 18.0 Å². The molecule has 1 aliphatic carbocycles. The standard InChI is InChI=1S/C21H25N5O4/c1-12-11-30-21(28)26(12)17-10-25-7-8-29-16-9-14(5-6-15(16)20(25)24-17)23-18(19(22)27)13-3-2-4-13/h5-6,9-10,12-13,18,23H,2-4,7-8,11H2,1H3,(H2,22,27)/t12-,18+/m1/s1. The second-order valence-electron chi connectivity index (χ2n) is 8.19. The van der Waals surface area contributed by atoms with Crippen LogP contribution in [-0.2, 0) is 16.1 Å². The molecule has 1 aromatic heterocycles. The number of fused-ring (bicyclic) bond motifs is 3. The predicted molar refractivity (Wildman–Crippen MR) is 110 cm³/mol. The van der Waals surface area contributed by atoms with Crippen LogP contribution < -0.4 is 20.7 Å². The van der Waals surface area contributed by atoms with Gasteiger partial charge in [0.05, 0.1) is 18.2 Å². The number of nitrogens with zero attached hydrogens (tertiary/aromatic N) is 3. The first kappa shape index (κ1) is 18.8. The lowest BCUT2D eigenvalue weighted by molar-refractivity contribution is -0.120. The van der Waals surface area contributed by atoms with E-state index < -0.39 is 0 Å². The van der Waals surface area contributed by atoms with Crippen molar-refractivity contribution in [3.8, 4) is 17.1 Å². The smallest absolute Gasteiger partial charge is 0.415 e. The van der Waals surface area contributed by atoms with Crippen molar-refractivity contribution in [1.82, 2.24) is 9.55 Å². The third kappa shape index (κ3) is 3.14. The van der Waals surface area contributed by atoms with Crippen molar-refractivity contribution >= 4 is 23.5 Å². The van der Waals surface area contributed by atoms with Gasteiger partial charge in [-0.2, -0.15) is 0 Å². The van der Waals surface area contributed by atoms with Crippen LogP contribution in [0.1, 0.15) is 26.2 Å². The molecule has 2 amide bonds. The Hall–Kier alpha value is -3.23. The minimum Gasteiger partial charge on any atom is -0.491 e. The van der Waals surface area contributed by atoms with Gasteiger partial charge >= 0.3 is 6.09 Å². The molecule has 0 spiro atoms. The fraction of sp³-hybridized carbons (Fsp3) is 0.476. The number of ether oxygens (including phenoxy) is 2. The summed E-state index contributed by atoms with van der Waals surface area (Å²) in [5, 5.41) is 3.29. The number of carbonyl (C=O) groups excluding carboxylic acids is 2. The molecule has 3 N–H and O–H groups in total. The molecule has 3 aliphatic rings. The van der Waals surface area contributed by atoms with Crippen molar-refractivity contribution in [3.05, 3.63) is 24.4 Å². The first-order valence-electron chi connectivity index (χ1n) is 10.4. The third-order valence-corrected chi connectivity index (χ3v) is 6.16. The van der Waals surface area contributed by atoms with Crippen LogP contribution in [0.2, 0.25) is 0 Å². The number of hydrogen-bond acceptors (Lipinski definition) is 6. The van der Waals surface area contributed by atoms with E-state index in [0.717, 1.165) is 36.3 Å². The maximum Gasteiger partial charge on any atom is 0.415 e. The zero-order valence-corrected chi connectivity index (χ0v) is 16.8. The van der Waals surface area contributed by atoms with E-state index in [4.69, 9.17) is 20.2 Å². The molecule has 0 radical (unpaired) electrons. The first-order chi connectivity index (χ1) is 14.5. The first-order valence-corrected chi connectivity index (χ1v) is 10.4. The minimum atomic E-state index is -0.376. The second kappa shape index (κ2) is 7.23. The molecule has 2 atom stereocenters. The summed E-state index contributed by atoms with van der Waals surface area (Å²) in [6, 6.07) is 5.29. The Labute approximate surface area is 174 Å². The highest BCUT2D eigenvalue weighted by molar-refractivity contribution is 5.89. The van der Waals surface area contributed by atoms with Gasteiger partial charge in [0.15, 0.2) is 5.82 Å². The summed E-state index contributed by atoms with van der Waals surface area (Å²) in [7, 11) is 0. The molecule has 2 fully saturated rings. The SMILES string of the molecule is C[C@@H]1COC(=O)N1c1cn2c(n1)-c1ccc(N[C@H](C(N)=O)C3CCC3)cc1OCC2. The summed E-state index contributed by atoms with van der Waals surface area (Å²) >= 11 is 0. The normalized spacial score (nSPS) is 21.6. The fourth-order valence-corrected chi connectivity index (χ4v) is 4.28. The number of anilines is 2. The Morgan fingerprint density at radius 1 is 1.33 bits per heavy atom. The average Bonchev–Trinajstić information content (AvgIpc) is 3.18. The molecule has 3 heterocycles. The number of benzene rings is 1. The number of cyclic esters (lactones) is 1. The zero-order valence-electron chi connectivity index (χ0n) is 16.8. The molecule has 0 bridgehead atoms. The van der Waals surface area contributed by atoms with Crippen molar-refractivity contribution in [2.24, 2.45) is 11.7 Å². The number of primary amides is 1. The van der Waals surface area contributed by atoms with E-state index in [1.165, 1.54) is 0 Å². The van der Waals surface area contributed by atoms with E-state index >= 15 is 0 Å². The van der Waals surface area contributed by atoms with Crippen LogP contribution in [0.25, 0.3) is 11.4 Å². The lowest BCUT2D eigenvalue weighted by Crippen LogP contribution is -2.44. The predicted octanol–water partition coefficient (Wildman–Crippen LogP) is 2.35. The molecule has 30 heavy (non-hydrogen) atoms. The molecule has 1 saturated carbocycles. The van der Waals surface area contributed by atoms with E-state index in [2.05, 4.69) is 5.32 Å². The van der Waals surface area contributed by atoms with Crippen LogP contribution in [0.3, 0.4) is 0 Å². The molecular formula is C21H25N5O4. The number of rotatable bonds is 5. The highest BCUT2D eigenvalue weighted by Gasteiger charge is 2.34. The van der Waals surface area contributed by atoms with Crippen molar-refractivity contribution in [2.45, 2.75) is 44.8 Å². The molecule has 2 aliphatic heterocycles. The van der Waals surface area contributed by atoms with Crippen molar-refractivity contribution in [1.29, 1.82) is 0 Å². The van der Waals surface area contributed by atoms with Gasteiger partial charge in [0.2, 0.25) is 5.91 Å². The summed E-state index contributed by atoms with van der Waals surface area (Å²) in [5.41, 5.74) is 7.25. The van der Waals surface area contributed by atoms with Crippen LogP contribution >= 0.6 is 0 Å². The highest BCUT2D eigenvalue weighted by atomic mass is 16.6. The van der Waals surface area contributed by atoms with E-state index in [1.54, 1.807) is 4.90 Å². The number of nitrogens with two attached hydrogens (primary N) is 1. The van der Waals surface area contributed by atoms with Gasteiger partial charge < -0.3 is 25.1 Å². The van der Waals surface area contributed by atoms with Crippen LogP contribution in [0.4, 0.5) is 16.3 Å². The minimum absolute atomic E-state index is 0.0591. The summed E-state index contributed by atoms with van der Waals surface area (Å²) in [4.78, 5) is 30.3. The molecule has 158 valence electrons. The van der Waals surface area contributed by atoms with Gasteiger partial charge in [-0.15, -0.1) is 0 Å². The van der Waals surface area contributed by atoms with Gasteiger partial charge in [-0.1, -0.05) is 6.42 Å². The summed E-state index contributed by atoms with van der Waals surface area (Å²) in [5.74, 6) is 1.95. The average molecular weight is 411 g/mol. The van der Waals surface area contributed by atoms with Crippen LogP contribution in [0.15, 0.2) is 24.4 Å². The molecule has 9 heteroatoms. The zero-order chi connectivity index (χ0) is 20.8. The Bertz CT molecular complexity index is 999. The maximum absolute atomic E-state index is 12.1. The van der Waals surface area contributed by atoms with Gasteiger partial charge in [-0.3, -0.25) is 9.69 Å². The summed E-state index contributed by atoms with van der Waals surface area (Å²) < 4.78 is 13.1. The second-order valence-corrected chi connectivity index (χ2v) is 8.19.